The van der Waals surface area contributed by atoms with E-state index in [-0.39, 0.29) is 0 Å². The van der Waals surface area contributed by atoms with Crippen LogP contribution >= 0.6 is 0 Å². The maximum Gasteiger partial charge on any atom is 0.0528 e. The van der Waals surface area contributed by atoms with Crippen molar-refractivity contribution < 1.29 is 4.74 Å². The Hall–Kier alpha value is -0.0800. The van der Waals surface area contributed by atoms with Gasteiger partial charge >= 0.3 is 0 Å². The lowest BCUT2D eigenvalue weighted by Crippen LogP contribution is -2.38. The van der Waals surface area contributed by atoms with Gasteiger partial charge in [0.05, 0.1) is 13.2 Å². The molecule has 0 unspecified atom stereocenters. The molecule has 66 valence electrons. The van der Waals surface area contributed by atoms with Crippen LogP contribution in [0, 0.1) is 11.8 Å². The molecule has 2 heteroatoms. The normalized spacial score (nSPS) is 19.4. The van der Waals surface area contributed by atoms with Crippen molar-refractivity contribution >= 4 is 0 Å². The van der Waals surface area contributed by atoms with E-state index in [9.17, 15) is 0 Å². The van der Waals surface area contributed by atoms with E-state index in [0.717, 1.165) is 25.0 Å². The van der Waals surface area contributed by atoms with E-state index in [4.69, 9.17) is 4.74 Å². The first-order chi connectivity index (χ1) is 5.18. The summed E-state index contributed by atoms with van der Waals surface area (Å²) < 4.78 is 5.11. The quantitative estimate of drug-likeness (QED) is 0.608. The van der Waals surface area contributed by atoms with Crippen LogP contribution in [0.3, 0.4) is 0 Å². The molecule has 0 amide bonds. The minimum atomic E-state index is 0.779. The van der Waals surface area contributed by atoms with E-state index in [1.165, 1.54) is 13.1 Å². The van der Waals surface area contributed by atoms with Gasteiger partial charge in [0.25, 0.3) is 0 Å². The van der Waals surface area contributed by atoms with Crippen LogP contribution in [0.4, 0.5) is 0 Å². The standard InChI is InChI=1S/C9H19NO/c1-8(2)4-10(3)5-9-6-11-7-9/h8-9H,4-7H2,1-3H3. The summed E-state index contributed by atoms with van der Waals surface area (Å²) in [6, 6.07) is 0. The maximum absolute atomic E-state index is 5.11. The van der Waals surface area contributed by atoms with Gasteiger partial charge in [-0.3, -0.25) is 0 Å². The van der Waals surface area contributed by atoms with Crippen molar-refractivity contribution in [3.63, 3.8) is 0 Å². The Morgan fingerprint density at radius 1 is 1.45 bits per heavy atom. The molecule has 0 aliphatic carbocycles. The van der Waals surface area contributed by atoms with Crippen molar-refractivity contribution in [2.24, 2.45) is 11.8 Å². The van der Waals surface area contributed by atoms with E-state index in [1.54, 1.807) is 0 Å². The third kappa shape index (κ3) is 3.21. The van der Waals surface area contributed by atoms with E-state index in [1.807, 2.05) is 0 Å². The first kappa shape index (κ1) is 9.01. The third-order valence-corrected chi connectivity index (χ3v) is 1.95. The number of hydrogen-bond acceptors (Lipinski definition) is 2. The summed E-state index contributed by atoms with van der Waals surface area (Å²) in [7, 11) is 2.19. The summed E-state index contributed by atoms with van der Waals surface area (Å²) in [6.45, 7) is 8.88. The van der Waals surface area contributed by atoms with Crippen LogP contribution in [0.15, 0.2) is 0 Å². The summed E-state index contributed by atoms with van der Waals surface area (Å²) in [4.78, 5) is 2.40. The summed E-state index contributed by atoms with van der Waals surface area (Å²) >= 11 is 0. The van der Waals surface area contributed by atoms with Gasteiger partial charge in [-0.25, -0.2) is 0 Å². The van der Waals surface area contributed by atoms with Crippen LogP contribution in [0.5, 0.6) is 0 Å². The third-order valence-electron chi connectivity index (χ3n) is 1.95. The van der Waals surface area contributed by atoms with E-state index in [0.29, 0.717) is 0 Å². The van der Waals surface area contributed by atoms with Gasteiger partial charge in [-0.05, 0) is 13.0 Å². The molecular formula is C9H19NO. The Balaban J connectivity index is 2.04. The average Bonchev–Trinajstić information content (AvgIpc) is 1.77. The van der Waals surface area contributed by atoms with E-state index >= 15 is 0 Å². The zero-order valence-corrected chi connectivity index (χ0v) is 7.84. The highest BCUT2D eigenvalue weighted by molar-refractivity contribution is 4.69. The Morgan fingerprint density at radius 2 is 2.09 bits per heavy atom. The van der Waals surface area contributed by atoms with Crippen LogP contribution in [0.2, 0.25) is 0 Å². The van der Waals surface area contributed by atoms with Crippen LogP contribution in [-0.4, -0.2) is 38.3 Å². The van der Waals surface area contributed by atoms with Crippen LogP contribution in [0.1, 0.15) is 13.8 Å². The summed E-state index contributed by atoms with van der Waals surface area (Å²) in [5.74, 6) is 1.58. The lowest BCUT2D eigenvalue weighted by molar-refractivity contribution is -0.0445. The molecule has 2 nitrogen and oxygen atoms in total. The topological polar surface area (TPSA) is 12.5 Å². The second-order valence-electron chi connectivity index (χ2n) is 4.02. The molecule has 1 saturated heterocycles. The Bertz CT molecular complexity index is 110. The van der Waals surface area contributed by atoms with Crippen molar-refractivity contribution in [1.82, 2.24) is 4.90 Å². The van der Waals surface area contributed by atoms with Gasteiger partial charge in [0.15, 0.2) is 0 Å². The fraction of sp³-hybridized carbons (Fsp3) is 1.00. The van der Waals surface area contributed by atoms with Crippen LogP contribution in [-0.2, 0) is 4.74 Å². The highest BCUT2D eigenvalue weighted by Crippen LogP contribution is 2.11. The highest BCUT2D eigenvalue weighted by Gasteiger charge is 2.19. The van der Waals surface area contributed by atoms with E-state index < -0.39 is 0 Å². The van der Waals surface area contributed by atoms with Crippen molar-refractivity contribution in [2.75, 3.05) is 33.4 Å². The zero-order chi connectivity index (χ0) is 8.27. The average molecular weight is 157 g/mol. The minimum Gasteiger partial charge on any atom is -0.381 e. The SMILES string of the molecule is CC(C)CN(C)CC1COC1. The predicted molar refractivity (Wildman–Crippen MR) is 46.6 cm³/mol. The molecule has 0 spiro atoms. The number of hydrogen-bond donors (Lipinski definition) is 0. The maximum atomic E-state index is 5.11. The fourth-order valence-corrected chi connectivity index (χ4v) is 1.53. The Morgan fingerprint density at radius 3 is 2.45 bits per heavy atom. The van der Waals surface area contributed by atoms with Gasteiger partial charge in [-0.15, -0.1) is 0 Å². The molecule has 0 N–H and O–H groups in total. The van der Waals surface area contributed by atoms with Crippen molar-refractivity contribution in [3.05, 3.63) is 0 Å². The van der Waals surface area contributed by atoms with E-state index in [2.05, 4.69) is 25.8 Å². The first-order valence-electron chi connectivity index (χ1n) is 4.44. The molecule has 0 aromatic rings. The molecule has 0 atom stereocenters. The molecule has 0 radical (unpaired) electrons. The van der Waals surface area contributed by atoms with Gasteiger partial charge in [-0.1, -0.05) is 13.8 Å². The predicted octanol–water partition coefficient (Wildman–Crippen LogP) is 1.22. The summed E-state index contributed by atoms with van der Waals surface area (Å²) in [5, 5.41) is 0. The second-order valence-corrected chi connectivity index (χ2v) is 4.02. The highest BCUT2D eigenvalue weighted by atomic mass is 16.5. The van der Waals surface area contributed by atoms with Gasteiger partial charge in [0.2, 0.25) is 0 Å². The molecule has 0 aromatic carbocycles. The number of ether oxygens (including phenoxy) is 1. The largest absolute Gasteiger partial charge is 0.381 e. The van der Waals surface area contributed by atoms with Crippen molar-refractivity contribution in [1.29, 1.82) is 0 Å². The smallest absolute Gasteiger partial charge is 0.0528 e. The molecule has 11 heavy (non-hydrogen) atoms. The summed E-state index contributed by atoms with van der Waals surface area (Å²) in [5.41, 5.74) is 0. The lowest BCUT2D eigenvalue weighted by atomic mass is 10.1. The lowest BCUT2D eigenvalue weighted by Gasteiger charge is -2.30. The number of rotatable bonds is 4. The molecule has 1 aliphatic heterocycles. The van der Waals surface area contributed by atoms with Crippen LogP contribution < -0.4 is 0 Å². The fourth-order valence-electron chi connectivity index (χ4n) is 1.53. The minimum absolute atomic E-state index is 0.779. The Labute approximate surface area is 69.5 Å². The van der Waals surface area contributed by atoms with Crippen molar-refractivity contribution in [2.45, 2.75) is 13.8 Å². The molecule has 1 rings (SSSR count). The van der Waals surface area contributed by atoms with Crippen LogP contribution in [0.25, 0.3) is 0 Å². The first-order valence-corrected chi connectivity index (χ1v) is 4.44. The summed E-state index contributed by atoms with van der Waals surface area (Å²) in [6.07, 6.45) is 0. The molecule has 1 fully saturated rings. The van der Waals surface area contributed by atoms with Gasteiger partial charge in [0, 0.05) is 19.0 Å². The van der Waals surface area contributed by atoms with Gasteiger partial charge in [0.1, 0.15) is 0 Å². The molecule has 1 aliphatic rings. The van der Waals surface area contributed by atoms with Crippen molar-refractivity contribution in [3.8, 4) is 0 Å². The zero-order valence-electron chi connectivity index (χ0n) is 7.84. The monoisotopic (exact) mass is 157 g/mol. The Kier molecular flexibility index (Phi) is 3.34. The molecular weight excluding hydrogens is 138 g/mol. The second kappa shape index (κ2) is 4.07. The molecule has 0 saturated carbocycles. The molecule has 0 aromatic heterocycles. The van der Waals surface area contributed by atoms with Gasteiger partial charge < -0.3 is 9.64 Å². The molecule has 1 heterocycles. The number of nitrogens with zero attached hydrogens (tertiary/aromatic N) is 1. The van der Waals surface area contributed by atoms with Gasteiger partial charge in [-0.2, -0.15) is 0 Å². The molecule has 0 bridgehead atoms.